The predicted octanol–water partition coefficient (Wildman–Crippen LogP) is 3.88. The average molecular weight is 518 g/mol. The minimum absolute atomic E-state index is 0.0211. The number of alkyl halides is 3. The van der Waals surface area contributed by atoms with E-state index in [0.717, 1.165) is 18.2 Å². The predicted molar refractivity (Wildman–Crippen MR) is 121 cm³/mol. The average Bonchev–Trinajstić information content (AvgIpc) is 2.74. The van der Waals surface area contributed by atoms with Crippen molar-refractivity contribution in [2.24, 2.45) is 11.7 Å². The maximum atomic E-state index is 13.1. The van der Waals surface area contributed by atoms with Gasteiger partial charge in [0.2, 0.25) is 5.91 Å². The number of sulfonamides is 1. The second kappa shape index (κ2) is 9.83. The summed E-state index contributed by atoms with van der Waals surface area (Å²) in [6, 6.07) is 7.12. The van der Waals surface area contributed by atoms with Crippen LogP contribution in [0, 0.1) is 12.8 Å². The number of carbonyl (C=O) groups is 2. The van der Waals surface area contributed by atoms with Crippen LogP contribution in [0.2, 0.25) is 5.02 Å². The molecule has 2 aromatic carbocycles. The third-order valence-electron chi connectivity index (χ3n) is 5.78. The number of piperidine rings is 1. The van der Waals surface area contributed by atoms with E-state index in [2.05, 4.69) is 4.72 Å². The van der Waals surface area contributed by atoms with Gasteiger partial charge in [0.25, 0.3) is 15.9 Å². The second-order valence-electron chi connectivity index (χ2n) is 8.12. The van der Waals surface area contributed by atoms with E-state index < -0.39 is 33.6 Å². The normalized spacial score (nSPS) is 15.3. The number of amides is 2. The molecule has 7 nitrogen and oxygen atoms in total. The number of rotatable bonds is 6. The number of primary amides is 1. The molecule has 0 radical (unpaired) electrons. The lowest BCUT2D eigenvalue weighted by Gasteiger charge is -2.34. The largest absolute Gasteiger partial charge is 0.416 e. The Morgan fingerprint density at radius 3 is 2.41 bits per heavy atom. The molecule has 0 atom stereocenters. The first-order valence-electron chi connectivity index (χ1n) is 10.4. The maximum absolute atomic E-state index is 13.1. The van der Waals surface area contributed by atoms with Crippen molar-refractivity contribution in [3.63, 3.8) is 0 Å². The maximum Gasteiger partial charge on any atom is 0.416 e. The number of hydrogen-bond donors (Lipinski definition) is 2. The van der Waals surface area contributed by atoms with Crippen LogP contribution in [0.3, 0.4) is 0 Å². The second-order valence-corrected chi connectivity index (χ2v) is 10.2. The lowest BCUT2D eigenvalue weighted by Crippen LogP contribution is -2.38. The zero-order valence-electron chi connectivity index (χ0n) is 18.2. The first-order valence-corrected chi connectivity index (χ1v) is 12.2. The highest BCUT2D eigenvalue weighted by Crippen LogP contribution is 2.35. The molecule has 12 heteroatoms. The molecule has 0 saturated carbocycles. The lowest BCUT2D eigenvalue weighted by atomic mass is 9.92. The van der Waals surface area contributed by atoms with Gasteiger partial charge in [0.05, 0.1) is 21.7 Å². The molecule has 1 aliphatic rings. The molecule has 1 aliphatic heterocycles. The third-order valence-corrected chi connectivity index (χ3v) is 7.70. The number of nitrogens with two attached hydrogens (primary N) is 1. The molecular formula is C22H23ClF3N3O4S. The molecule has 0 aromatic heterocycles. The molecule has 34 heavy (non-hydrogen) atoms. The summed E-state index contributed by atoms with van der Waals surface area (Å²) in [6.45, 7) is 2.09. The van der Waals surface area contributed by atoms with Crippen molar-refractivity contribution in [2.45, 2.75) is 37.3 Å². The van der Waals surface area contributed by atoms with Crippen molar-refractivity contribution in [1.29, 1.82) is 0 Å². The molecule has 0 bridgehead atoms. The van der Waals surface area contributed by atoms with Gasteiger partial charge >= 0.3 is 6.18 Å². The fourth-order valence-corrected chi connectivity index (χ4v) is 5.44. The molecule has 3 rings (SSSR count). The molecule has 184 valence electrons. The highest BCUT2D eigenvalue weighted by Gasteiger charge is 2.33. The first kappa shape index (κ1) is 25.8. The Bertz CT molecular complexity index is 1210. The Morgan fingerprint density at radius 1 is 1.18 bits per heavy atom. The quantitative estimate of drug-likeness (QED) is 0.604. The molecule has 1 fully saturated rings. The minimum atomic E-state index is -4.58. The number of halogens is 4. The first-order chi connectivity index (χ1) is 15.8. The van der Waals surface area contributed by atoms with Crippen molar-refractivity contribution in [2.75, 3.05) is 18.0 Å². The van der Waals surface area contributed by atoms with Crippen LogP contribution in [-0.4, -0.2) is 33.3 Å². The monoisotopic (exact) mass is 517 g/mol. The Kier molecular flexibility index (Phi) is 7.47. The summed E-state index contributed by atoms with van der Waals surface area (Å²) >= 11 is 5.97. The van der Waals surface area contributed by atoms with E-state index in [1.807, 2.05) is 0 Å². The van der Waals surface area contributed by atoms with Gasteiger partial charge in [-0.2, -0.15) is 13.2 Å². The van der Waals surface area contributed by atoms with Gasteiger partial charge < -0.3 is 10.6 Å². The molecule has 2 aromatic rings. The van der Waals surface area contributed by atoms with Gasteiger partial charge in [-0.25, -0.2) is 13.1 Å². The summed E-state index contributed by atoms with van der Waals surface area (Å²) in [6.07, 6.45) is -3.82. The Balaban J connectivity index is 1.66. The number of carbonyl (C=O) groups excluding carboxylic acids is 2. The summed E-state index contributed by atoms with van der Waals surface area (Å²) < 4.78 is 66.6. The fourth-order valence-electron chi connectivity index (χ4n) is 3.94. The SMILES string of the molecule is Cc1c(Cl)cccc1S(=O)(=O)NC(=O)CC1CCN(c2cc(C(F)(F)F)ccc2C(N)=O)CC1. The molecule has 2 amide bonds. The Hall–Kier alpha value is -2.79. The van der Waals surface area contributed by atoms with Crippen molar-refractivity contribution >= 4 is 39.1 Å². The molecule has 3 N–H and O–H groups in total. The molecule has 0 unspecified atom stereocenters. The van der Waals surface area contributed by atoms with E-state index in [4.69, 9.17) is 17.3 Å². The fraction of sp³-hybridized carbons (Fsp3) is 0.364. The van der Waals surface area contributed by atoms with Crippen LogP contribution in [0.5, 0.6) is 0 Å². The highest BCUT2D eigenvalue weighted by molar-refractivity contribution is 7.90. The van der Waals surface area contributed by atoms with Gasteiger partial charge in [-0.05, 0) is 61.6 Å². The van der Waals surface area contributed by atoms with Gasteiger partial charge in [0.1, 0.15) is 0 Å². The van der Waals surface area contributed by atoms with Crippen molar-refractivity contribution in [3.05, 3.63) is 58.1 Å². The van der Waals surface area contributed by atoms with Crippen LogP contribution in [0.1, 0.15) is 40.7 Å². The van der Waals surface area contributed by atoms with E-state index in [9.17, 15) is 31.2 Å². The summed E-state index contributed by atoms with van der Waals surface area (Å²) in [4.78, 5) is 25.7. The van der Waals surface area contributed by atoms with E-state index in [1.165, 1.54) is 19.1 Å². The Labute approximate surface area is 200 Å². The van der Waals surface area contributed by atoms with Crippen LogP contribution in [0.15, 0.2) is 41.3 Å². The third kappa shape index (κ3) is 5.82. The van der Waals surface area contributed by atoms with Gasteiger partial charge in [-0.15, -0.1) is 0 Å². The number of anilines is 1. The molecule has 1 saturated heterocycles. The summed E-state index contributed by atoms with van der Waals surface area (Å²) in [5.41, 5.74) is 4.83. The number of nitrogens with zero attached hydrogens (tertiary/aromatic N) is 1. The standard InChI is InChI=1S/C22H23ClF3N3O4S/c1-13-17(23)3-2-4-19(13)34(32,33)28-20(30)11-14-7-9-29(10-8-14)18-12-15(22(24,25)26)5-6-16(18)21(27)31/h2-6,12,14H,7-11H2,1H3,(H2,27,31)(H,28,30). The minimum Gasteiger partial charge on any atom is -0.371 e. The van der Waals surface area contributed by atoms with Crippen LogP contribution in [-0.2, 0) is 21.0 Å². The zero-order chi connectivity index (χ0) is 25.3. The Morgan fingerprint density at radius 2 is 1.82 bits per heavy atom. The van der Waals surface area contributed by atoms with Crippen LogP contribution in [0.25, 0.3) is 0 Å². The molecule has 0 aliphatic carbocycles. The van der Waals surface area contributed by atoms with Crippen LogP contribution >= 0.6 is 11.6 Å². The summed E-state index contributed by atoms with van der Waals surface area (Å²) in [5.74, 6) is -1.71. The summed E-state index contributed by atoms with van der Waals surface area (Å²) in [7, 11) is -4.10. The van der Waals surface area contributed by atoms with Crippen molar-refractivity contribution < 1.29 is 31.2 Å². The van der Waals surface area contributed by atoms with Crippen molar-refractivity contribution in [3.8, 4) is 0 Å². The van der Waals surface area contributed by atoms with E-state index in [-0.39, 0.29) is 46.6 Å². The molecule has 0 spiro atoms. The number of hydrogen-bond acceptors (Lipinski definition) is 5. The van der Waals surface area contributed by atoms with Gasteiger partial charge in [0, 0.05) is 24.5 Å². The number of nitrogens with one attached hydrogen (secondary N) is 1. The smallest absolute Gasteiger partial charge is 0.371 e. The zero-order valence-corrected chi connectivity index (χ0v) is 19.7. The lowest BCUT2D eigenvalue weighted by molar-refractivity contribution is -0.137. The van der Waals surface area contributed by atoms with Gasteiger partial charge in [-0.3, -0.25) is 9.59 Å². The highest BCUT2D eigenvalue weighted by atomic mass is 35.5. The van der Waals surface area contributed by atoms with Crippen molar-refractivity contribution in [1.82, 2.24) is 4.72 Å². The van der Waals surface area contributed by atoms with Gasteiger partial charge in [0.15, 0.2) is 0 Å². The number of benzene rings is 2. The van der Waals surface area contributed by atoms with E-state index in [0.29, 0.717) is 18.4 Å². The topological polar surface area (TPSA) is 110 Å². The molecule has 1 heterocycles. The van der Waals surface area contributed by atoms with Crippen LogP contribution in [0.4, 0.5) is 18.9 Å². The van der Waals surface area contributed by atoms with Gasteiger partial charge in [-0.1, -0.05) is 17.7 Å². The molecular weight excluding hydrogens is 495 g/mol. The summed E-state index contributed by atoms with van der Waals surface area (Å²) in [5, 5.41) is 0.257. The van der Waals surface area contributed by atoms with E-state index in [1.54, 1.807) is 11.0 Å². The van der Waals surface area contributed by atoms with Crippen LogP contribution < -0.4 is 15.4 Å². The van der Waals surface area contributed by atoms with E-state index >= 15 is 0 Å².